The minimum Gasteiger partial charge on any atom is -0.507 e. The van der Waals surface area contributed by atoms with E-state index in [1.165, 1.54) is 6.07 Å². The van der Waals surface area contributed by atoms with E-state index in [0.29, 0.717) is 0 Å². The van der Waals surface area contributed by atoms with E-state index >= 15 is 0 Å². The van der Waals surface area contributed by atoms with E-state index in [0.717, 1.165) is 4.47 Å². The summed E-state index contributed by atoms with van der Waals surface area (Å²) in [6, 6.07) is 4.72. The Labute approximate surface area is 101 Å². The number of hydrogen-bond donors (Lipinski definition) is 1. The van der Waals surface area contributed by atoms with Gasteiger partial charge in [-0.2, -0.15) is 0 Å². The topological polar surface area (TPSA) is 37.3 Å². The zero-order chi connectivity index (χ0) is 10.0. The number of carbonyl (C=O) groups is 1. The molecule has 0 spiro atoms. The van der Waals surface area contributed by atoms with E-state index in [1.807, 2.05) is 0 Å². The van der Waals surface area contributed by atoms with E-state index in [2.05, 4.69) is 47.8 Å². The maximum Gasteiger partial charge on any atom is 0.190 e. The van der Waals surface area contributed by atoms with Gasteiger partial charge in [-0.15, -0.1) is 0 Å². The van der Waals surface area contributed by atoms with Crippen LogP contribution in [-0.4, -0.2) is 14.6 Å². The van der Waals surface area contributed by atoms with Crippen LogP contribution < -0.4 is 0 Å². The molecule has 0 unspecified atom stereocenters. The number of hydrogen-bond acceptors (Lipinski definition) is 2. The van der Waals surface area contributed by atoms with E-state index in [9.17, 15) is 9.90 Å². The average Bonchev–Trinajstić information content (AvgIpc) is 2.08. The Morgan fingerprint density at radius 3 is 2.54 bits per heavy atom. The van der Waals surface area contributed by atoms with Crippen molar-refractivity contribution < 1.29 is 9.90 Å². The normalized spacial score (nSPS) is 10.5. The van der Waals surface area contributed by atoms with Crippen molar-refractivity contribution in [1.29, 1.82) is 0 Å². The van der Waals surface area contributed by atoms with Crippen LogP contribution >= 0.6 is 47.8 Å². The molecule has 0 aliphatic heterocycles. The largest absolute Gasteiger partial charge is 0.507 e. The third kappa shape index (κ3) is 2.79. The number of aromatic hydroxyl groups is 1. The molecular formula is C8H5Br3O2. The number of ketones is 1. The fourth-order valence-corrected chi connectivity index (χ4v) is 1.68. The molecule has 0 bridgehead atoms. The molecule has 1 N–H and O–H groups in total. The van der Waals surface area contributed by atoms with Crippen molar-refractivity contribution in [2.75, 3.05) is 0 Å². The molecule has 0 saturated heterocycles. The van der Waals surface area contributed by atoms with Crippen LogP contribution in [0.2, 0.25) is 0 Å². The number of benzene rings is 1. The zero-order valence-electron chi connectivity index (χ0n) is 6.30. The van der Waals surface area contributed by atoms with E-state index in [-0.39, 0.29) is 17.1 Å². The van der Waals surface area contributed by atoms with E-state index in [1.54, 1.807) is 12.1 Å². The predicted molar refractivity (Wildman–Crippen MR) is 61.8 cm³/mol. The molecule has 0 amide bonds. The van der Waals surface area contributed by atoms with Crippen molar-refractivity contribution in [2.45, 2.75) is 3.74 Å². The summed E-state index contributed by atoms with van der Waals surface area (Å²) in [5, 5.41) is 9.37. The van der Waals surface area contributed by atoms with Crippen LogP contribution in [0.1, 0.15) is 10.4 Å². The average molecular weight is 373 g/mol. The highest BCUT2D eigenvalue weighted by atomic mass is 79.9. The highest BCUT2D eigenvalue weighted by molar-refractivity contribution is 9.25. The second kappa shape index (κ2) is 4.57. The number of halogens is 3. The van der Waals surface area contributed by atoms with Gasteiger partial charge in [0.05, 0.1) is 5.56 Å². The van der Waals surface area contributed by atoms with Gasteiger partial charge < -0.3 is 5.11 Å². The van der Waals surface area contributed by atoms with E-state index in [4.69, 9.17) is 0 Å². The van der Waals surface area contributed by atoms with Gasteiger partial charge in [0, 0.05) is 4.47 Å². The molecule has 70 valence electrons. The Morgan fingerprint density at radius 2 is 2.00 bits per heavy atom. The van der Waals surface area contributed by atoms with Gasteiger partial charge in [0.1, 0.15) is 9.49 Å². The third-order valence-electron chi connectivity index (χ3n) is 1.42. The van der Waals surface area contributed by atoms with Gasteiger partial charge in [0.25, 0.3) is 0 Å². The first-order chi connectivity index (χ1) is 6.02. The van der Waals surface area contributed by atoms with E-state index < -0.39 is 3.74 Å². The quantitative estimate of drug-likeness (QED) is 0.637. The molecule has 0 aliphatic carbocycles. The Hall–Kier alpha value is 0.130. The van der Waals surface area contributed by atoms with Crippen molar-refractivity contribution in [3.63, 3.8) is 0 Å². The minimum atomic E-state index is -0.472. The smallest absolute Gasteiger partial charge is 0.190 e. The number of alkyl halides is 2. The molecule has 0 atom stereocenters. The molecule has 13 heavy (non-hydrogen) atoms. The van der Waals surface area contributed by atoms with Crippen molar-refractivity contribution >= 4 is 53.6 Å². The minimum absolute atomic E-state index is 0.0166. The third-order valence-corrected chi connectivity index (χ3v) is 2.75. The lowest BCUT2D eigenvalue weighted by Gasteiger charge is -2.04. The number of phenols is 1. The van der Waals surface area contributed by atoms with Gasteiger partial charge in [0.15, 0.2) is 5.78 Å². The second-order valence-electron chi connectivity index (χ2n) is 2.33. The lowest BCUT2D eigenvalue weighted by molar-refractivity contribution is 0.101. The summed E-state index contributed by atoms with van der Waals surface area (Å²) in [6.07, 6.45) is 0. The summed E-state index contributed by atoms with van der Waals surface area (Å²) in [4.78, 5) is 11.4. The molecular weight excluding hydrogens is 368 g/mol. The van der Waals surface area contributed by atoms with Gasteiger partial charge in [-0.05, 0) is 18.2 Å². The Bertz CT molecular complexity index is 336. The van der Waals surface area contributed by atoms with Crippen LogP contribution in [0.3, 0.4) is 0 Å². The first kappa shape index (κ1) is 11.2. The fourth-order valence-electron chi connectivity index (χ4n) is 0.823. The molecule has 1 aromatic carbocycles. The summed E-state index contributed by atoms with van der Waals surface area (Å²) in [7, 11) is 0. The molecule has 0 aromatic heterocycles. The molecule has 0 radical (unpaired) electrons. The SMILES string of the molecule is O=C(c1cc(Br)ccc1O)C(Br)Br. The lowest BCUT2D eigenvalue weighted by Crippen LogP contribution is -2.07. The first-order valence-corrected chi connectivity index (χ1v) is 5.95. The Balaban J connectivity index is 3.13. The summed E-state index contributed by atoms with van der Waals surface area (Å²) in [6.45, 7) is 0. The predicted octanol–water partition coefficient (Wildman–Crippen LogP) is 3.45. The maximum absolute atomic E-state index is 11.4. The van der Waals surface area contributed by atoms with Crippen LogP contribution in [0.4, 0.5) is 0 Å². The number of Topliss-reactive ketones (excluding diaryl/α,β-unsaturated/α-hetero) is 1. The van der Waals surface area contributed by atoms with Gasteiger partial charge >= 0.3 is 0 Å². The van der Waals surface area contributed by atoms with Crippen LogP contribution in [0, 0.1) is 0 Å². The van der Waals surface area contributed by atoms with Gasteiger partial charge in [-0.1, -0.05) is 47.8 Å². The number of rotatable bonds is 2. The maximum atomic E-state index is 11.4. The second-order valence-corrected chi connectivity index (χ2v) is 6.30. The summed E-state index contributed by atoms with van der Waals surface area (Å²) in [5.41, 5.74) is 0.285. The molecule has 2 nitrogen and oxygen atoms in total. The number of phenolic OH excluding ortho intramolecular Hbond substituents is 1. The summed E-state index contributed by atoms with van der Waals surface area (Å²) < 4.78 is 0.287. The standard InChI is InChI=1S/C8H5Br3O2/c9-4-1-2-6(12)5(3-4)7(13)8(10)11/h1-3,8,12H. The number of carbonyl (C=O) groups excluding carboxylic acids is 1. The summed E-state index contributed by atoms with van der Waals surface area (Å²) in [5.74, 6) is -0.226. The molecule has 0 saturated carbocycles. The highest BCUT2D eigenvalue weighted by Gasteiger charge is 2.17. The van der Waals surface area contributed by atoms with Crippen LogP contribution in [0.15, 0.2) is 22.7 Å². The van der Waals surface area contributed by atoms with Crippen LogP contribution in [-0.2, 0) is 0 Å². The Morgan fingerprint density at radius 1 is 1.38 bits per heavy atom. The summed E-state index contributed by atoms with van der Waals surface area (Å²) >= 11 is 9.37. The monoisotopic (exact) mass is 370 g/mol. The van der Waals surface area contributed by atoms with Crippen molar-refractivity contribution in [3.05, 3.63) is 28.2 Å². The van der Waals surface area contributed by atoms with Crippen molar-refractivity contribution in [2.24, 2.45) is 0 Å². The molecule has 1 rings (SSSR count). The molecule has 1 aromatic rings. The highest BCUT2D eigenvalue weighted by Crippen LogP contribution is 2.26. The van der Waals surface area contributed by atoms with Crippen molar-refractivity contribution in [1.82, 2.24) is 0 Å². The first-order valence-electron chi connectivity index (χ1n) is 3.33. The molecule has 0 fully saturated rings. The molecule has 5 heteroatoms. The van der Waals surface area contributed by atoms with Gasteiger partial charge in [0.2, 0.25) is 0 Å². The fraction of sp³-hybridized carbons (Fsp3) is 0.125. The van der Waals surface area contributed by atoms with Crippen LogP contribution in [0.25, 0.3) is 0 Å². The molecule has 0 heterocycles. The molecule has 0 aliphatic rings. The van der Waals surface area contributed by atoms with Crippen LogP contribution in [0.5, 0.6) is 5.75 Å². The Kier molecular flexibility index (Phi) is 3.94. The van der Waals surface area contributed by atoms with Gasteiger partial charge in [-0.25, -0.2) is 0 Å². The zero-order valence-corrected chi connectivity index (χ0v) is 11.1. The lowest BCUT2D eigenvalue weighted by atomic mass is 10.1. The van der Waals surface area contributed by atoms with Crippen molar-refractivity contribution in [3.8, 4) is 5.75 Å². The van der Waals surface area contributed by atoms with Gasteiger partial charge in [-0.3, -0.25) is 4.79 Å².